The van der Waals surface area contributed by atoms with Crippen LogP contribution in [0, 0.1) is 23.3 Å². The Balaban J connectivity index is 0.000000143. The highest BCUT2D eigenvalue weighted by Crippen LogP contribution is 2.33. The number of hydrogen-bond acceptors (Lipinski definition) is 9. The lowest BCUT2D eigenvalue weighted by Gasteiger charge is -2.02. The van der Waals surface area contributed by atoms with Gasteiger partial charge in [0, 0.05) is 73.5 Å². The van der Waals surface area contributed by atoms with Gasteiger partial charge in [0.15, 0.2) is 17.9 Å². The lowest BCUT2D eigenvalue weighted by atomic mass is 10.1. The van der Waals surface area contributed by atoms with Crippen LogP contribution in [0.3, 0.4) is 0 Å². The van der Waals surface area contributed by atoms with Crippen LogP contribution in [0.25, 0.3) is 40.3 Å². The normalized spacial score (nSPS) is 11.2. The molecule has 8 aromatic rings. The maximum Gasteiger partial charge on any atom is 0.186 e. The molecule has 286 valence electrons. The first-order valence-corrected chi connectivity index (χ1v) is 20.1. The summed E-state index contributed by atoms with van der Waals surface area (Å²) in [5.41, 5.74) is 2.41. The summed E-state index contributed by atoms with van der Waals surface area (Å²) < 4.78 is 60.0. The van der Waals surface area contributed by atoms with Gasteiger partial charge in [-0.2, -0.15) is 0 Å². The first kappa shape index (κ1) is 42.0. The molecule has 0 bridgehead atoms. The summed E-state index contributed by atoms with van der Waals surface area (Å²) in [4.78, 5) is 33.6. The van der Waals surface area contributed by atoms with Crippen LogP contribution in [0.1, 0.15) is 49.2 Å². The van der Waals surface area contributed by atoms with Crippen LogP contribution >= 0.6 is 45.3 Å². The smallest absolute Gasteiger partial charge is 0.186 e. The van der Waals surface area contributed by atoms with Crippen molar-refractivity contribution in [3.05, 3.63) is 165 Å². The van der Waals surface area contributed by atoms with Crippen LogP contribution in [0.2, 0.25) is 0 Å². The van der Waals surface area contributed by atoms with Crippen molar-refractivity contribution in [1.82, 2.24) is 0 Å². The lowest BCUT2D eigenvalue weighted by Crippen LogP contribution is -2.02. The van der Waals surface area contributed by atoms with E-state index in [9.17, 15) is 37.1 Å². The highest BCUT2D eigenvalue weighted by atomic mass is 32.1. The van der Waals surface area contributed by atoms with Gasteiger partial charge < -0.3 is 9.84 Å². The van der Waals surface area contributed by atoms with E-state index >= 15 is 0 Å². The third kappa shape index (κ3) is 9.44. The number of allylic oxidation sites excluding steroid dienone is 1. The van der Waals surface area contributed by atoms with Crippen molar-refractivity contribution in [2.45, 2.75) is 12.5 Å². The first-order chi connectivity index (χ1) is 27.0. The van der Waals surface area contributed by atoms with Gasteiger partial charge in [0.05, 0.1) is 31.5 Å². The highest BCUT2D eigenvalue weighted by molar-refractivity contribution is 7.18. The zero-order valence-corrected chi connectivity index (χ0v) is 32.9. The fourth-order valence-electron chi connectivity index (χ4n) is 5.42. The first-order valence-electron chi connectivity index (χ1n) is 16.6. The van der Waals surface area contributed by atoms with E-state index in [1.807, 2.05) is 0 Å². The maximum absolute atomic E-state index is 13.4. The molecule has 5 nitrogen and oxygen atoms in total. The molecule has 4 aromatic heterocycles. The molecule has 8 rings (SSSR count). The number of rotatable bonds is 9. The third-order valence-electron chi connectivity index (χ3n) is 8.22. The number of ether oxygens (including phenoxy) is 1. The number of hydrogen-bond donors (Lipinski definition) is 1. The monoisotopic (exact) mass is 832 g/mol. The number of carbonyl (C=O) groups is 3. The second-order valence-corrected chi connectivity index (χ2v) is 15.2. The minimum absolute atomic E-state index is 0.00120. The molecular weight excluding hydrogens is 801 g/mol. The largest absolute Gasteiger partial charge is 0.384 e. The Morgan fingerprint density at radius 2 is 1.12 bits per heavy atom. The van der Waals surface area contributed by atoms with Crippen LogP contribution in [-0.4, -0.2) is 36.7 Å². The molecule has 1 N–H and O–H groups in total. The van der Waals surface area contributed by atoms with E-state index in [0.717, 1.165) is 17.2 Å². The Hall–Kier alpha value is -5.15. The van der Waals surface area contributed by atoms with Gasteiger partial charge in [0.25, 0.3) is 0 Å². The van der Waals surface area contributed by atoms with Gasteiger partial charge >= 0.3 is 0 Å². The Bertz CT molecular complexity index is 2670. The number of halogens is 4. The molecule has 0 radical (unpaired) electrons. The fourth-order valence-corrected chi connectivity index (χ4v) is 9.29. The number of thiophene rings is 4. The van der Waals surface area contributed by atoms with Gasteiger partial charge in [-0.1, -0.05) is 61.2 Å². The quantitative estimate of drug-likeness (QED) is 0.0515. The van der Waals surface area contributed by atoms with E-state index < -0.39 is 6.10 Å². The second kappa shape index (κ2) is 19.6. The molecule has 0 amide bonds. The molecule has 4 aromatic carbocycles. The number of Topliss-reactive ketones (excluding diaryl/α,β-unsaturated/α-hetero) is 1. The summed E-state index contributed by atoms with van der Waals surface area (Å²) in [6, 6.07) is 19.2. The second-order valence-electron chi connectivity index (χ2n) is 11.7. The summed E-state index contributed by atoms with van der Waals surface area (Å²) in [5, 5.41) is 19.2. The molecule has 0 fully saturated rings. The number of aliphatic hydroxyl groups is 1. The van der Waals surface area contributed by atoms with Crippen LogP contribution < -0.4 is 0 Å². The van der Waals surface area contributed by atoms with E-state index in [4.69, 9.17) is 4.74 Å². The molecule has 0 saturated carbocycles. The predicted molar refractivity (Wildman–Crippen MR) is 223 cm³/mol. The van der Waals surface area contributed by atoms with Crippen molar-refractivity contribution < 1.29 is 41.8 Å². The summed E-state index contributed by atoms with van der Waals surface area (Å²) in [5.74, 6) is -1.22. The minimum atomic E-state index is -0.717. The van der Waals surface area contributed by atoms with Gasteiger partial charge in [0.2, 0.25) is 0 Å². The van der Waals surface area contributed by atoms with Crippen molar-refractivity contribution in [2.75, 3.05) is 13.7 Å². The number of carbonyl (C=O) groups excluding carboxylic acids is 3. The molecule has 0 aliphatic rings. The Morgan fingerprint density at radius 1 is 0.679 bits per heavy atom. The topological polar surface area (TPSA) is 80.7 Å². The van der Waals surface area contributed by atoms with Crippen LogP contribution in [-0.2, 0) is 4.74 Å². The third-order valence-corrected chi connectivity index (χ3v) is 12.3. The van der Waals surface area contributed by atoms with Crippen molar-refractivity contribution in [3.63, 3.8) is 0 Å². The molecule has 13 heteroatoms. The van der Waals surface area contributed by atoms with E-state index in [-0.39, 0.29) is 34.8 Å². The highest BCUT2D eigenvalue weighted by Gasteiger charge is 2.15. The number of ketones is 2. The average Bonchev–Trinajstić information content (AvgIpc) is 4.03. The van der Waals surface area contributed by atoms with Crippen LogP contribution in [0.5, 0.6) is 0 Å². The number of benzene rings is 4. The van der Waals surface area contributed by atoms with E-state index in [1.165, 1.54) is 81.8 Å². The van der Waals surface area contributed by atoms with Gasteiger partial charge in [0.1, 0.15) is 23.3 Å². The molecule has 56 heavy (non-hydrogen) atoms. The van der Waals surface area contributed by atoms with Crippen molar-refractivity contribution in [2.24, 2.45) is 0 Å². The van der Waals surface area contributed by atoms with Gasteiger partial charge in [-0.3, -0.25) is 14.4 Å². The maximum atomic E-state index is 13.4. The minimum Gasteiger partial charge on any atom is -0.384 e. The molecular formula is C43H32F4O5S4. The fraction of sp³-hybridized carbons (Fsp3) is 0.0930. The summed E-state index contributed by atoms with van der Waals surface area (Å²) >= 11 is 5.07. The zero-order valence-electron chi connectivity index (χ0n) is 29.6. The molecule has 1 atom stereocenters. The van der Waals surface area contributed by atoms with E-state index in [1.54, 1.807) is 77.2 Å². The van der Waals surface area contributed by atoms with E-state index in [2.05, 4.69) is 13.2 Å². The molecule has 0 spiro atoms. The van der Waals surface area contributed by atoms with Crippen LogP contribution in [0.4, 0.5) is 17.6 Å². The number of aliphatic hydroxyl groups excluding tert-OH is 1. The predicted octanol–water partition coefficient (Wildman–Crippen LogP) is 12.8. The average molecular weight is 833 g/mol. The Kier molecular flexibility index (Phi) is 14.7. The van der Waals surface area contributed by atoms with Gasteiger partial charge in [-0.15, -0.1) is 51.9 Å². The van der Waals surface area contributed by atoms with Crippen molar-refractivity contribution in [3.8, 4) is 0 Å². The SMILES string of the molecule is C=CC(=O)c1csc2c(F)cccc12.C=CC(O)c1csc2c(F)cccc12.COCCC(=O)c1csc2c(F)cccc12.O=Cc1csc2c(F)cccc12. The lowest BCUT2D eigenvalue weighted by molar-refractivity contribution is 0.0933. The van der Waals surface area contributed by atoms with Crippen LogP contribution in [0.15, 0.2) is 120 Å². The molecule has 0 aliphatic carbocycles. The zero-order chi connectivity index (χ0) is 40.4. The number of methoxy groups -OCH3 is 1. The number of aldehydes is 1. The number of fused-ring (bicyclic) bond motifs is 4. The van der Waals surface area contributed by atoms with Gasteiger partial charge in [-0.05, 0) is 35.7 Å². The van der Waals surface area contributed by atoms with E-state index in [0.29, 0.717) is 64.7 Å². The van der Waals surface area contributed by atoms with Gasteiger partial charge in [-0.25, -0.2) is 17.6 Å². The Labute approximate surface area is 335 Å². The van der Waals surface area contributed by atoms with Crippen molar-refractivity contribution >= 4 is 104 Å². The molecule has 0 aliphatic heterocycles. The molecule has 1 unspecified atom stereocenters. The molecule has 0 saturated heterocycles. The summed E-state index contributed by atoms with van der Waals surface area (Å²) in [6.45, 7) is 7.31. The molecule has 4 heterocycles. The summed E-state index contributed by atoms with van der Waals surface area (Å²) in [7, 11) is 1.55. The van der Waals surface area contributed by atoms with Crippen molar-refractivity contribution in [1.29, 1.82) is 0 Å². The standard InChI is InChI=1S/C12H11FO2S.C11H9FOS.C11H7FOS.C9H5FOS/c1-15-6-5-11(14)9-7-16-12-8(9)3-2-4-10(12)13;2*1-2-10(13)8-6-14-11-7(8)4-3-5-9(11)12;10-8-3-1-2-7-6(4-11)5-12-9(7)8/h2-4,7H,5-6H2,1H3;2-6,10,13H,1H2;2-6H,1H2;1-5H. The summed E-state index contributed by atoms with van der Waals surface area (Å²) in [6.07, 6.45) is 3.04. The Morgan fingerprint density at radius 3 is 1.64 bits per heavy atom.